The van der Waals surface area contributed by atoms with Gasteiger partial charge in [-0.1, -0.05) is 6.92 Å². The van der Waals surface area contributed by atoms with E-state index in [1.807, 2.05) is 6.92 Å². The first-order valence-corrected chi connectivity index (χ1v) is 5.83. The van der Waals surface area contributed by atoms with Crippen molar-refractivity contribution in [1.82, 2.24) is 10.6 Å². The number of ether oxygens (including phenoxy) is 1. The molecule has 0 aromatic rings. The van der Waals surface area contributed by atoms with E-state index >= 15 is 0 Å². The van der Waals surface area contributed by atoms with E-state index in [1.54, 1.807) is 0 Å². The molecule has 2 heterocycles. The highest BCUT2D eigenvalue weighted by molar-refractivity contribution is 5.76. The van der Waals surface area contributed by atoms with Gasteiger partial charge in [-0.25, -0.2) is 0 Å². The van der Waals surface area contributed by atoms with E-state index in [2.05, 4.69) is 10.6 Å². The summed E-state index contributed by atoms with van der Waals surface area (Å²) in [4.78, 5) is 22.6. The Morgan fingerprint density at radius 3 is 2.94 bits per heavy atom. The second-order valence-corrected chi connectivity index (χ2v) is 4.68. The van der Waals surface area contributed by atoms with E-state index in [9.17, 15) is 9.59 Å². The molecule has 0 aromatic carbocycles. The standard InChI is InChI=1S/C11H18N2O3/c1-2-3-9(14)13-5-8-11(6-12-7-11)4-10(15)16-8/h8,12H,2-7H2,1H3,(H,13,14). The van der Waals surface area contributed by atoms with Crippen molar-refractivity contribution in [1.29, 1.82) is 0 Å². The minimum Gasteiger partial charge on any atom is -0.460 e. The molecule has 1 amide bonds. The van der Waals surface area contributed by atoms with Gasteiger partial charge in [-0.2, -0.15) is 0 Å². The smallest absolute Gasteiger partial charge is 0.306 e. The molecule has 1 atom stereocenters. The number of amides is 1. The second kappa shape index (κ2) is 4.41. The van der Waals surface area contributed by atoms with Gasteiger partial charge in [-0.05, 0) is 6.42 Å². The molecule has 16 heavy (non-hydrogen) atoms. The van der Waals surface area contributed by atoms with Crippen LogP contribution in [0.25, 0.3) is 0 Å². The molecule has 2 N–H and O–H groups in total. The lowest BCUT2D eigenvalue weighted by molar-refractivity contribution is -0.142. The van der Waals surface area contributed by atoms with Gasteiger partial charge in [-0.3, -0.25) is 9.59 Å². The predicted octanol–water partition coefficient (Wildman–Crippen LogP) is -0.192. The van der Waals surface area contributed by atoms with Crippen LogP contribution in [0.5, 0.6) is 0 Å². The summed E-state index contributed by atoms with van der Waals surface area (Å²) in [6.07, 6.45) is 1.70. The van der Waals surface area contributed by atoms with E-state index in [0.717, 1.165) is 19.5 Å². The number of esters is 1. The Kier molecular flexibility index (Phi) is 3.14. The summed E-state index contributed by atoms with van der Waals surface area (Å²) < 4.78 is 5.25. The van der Waals surface area contributed by atoms with E-state index in [0.29, 0.717) is 19.4 Å². The van der Waals surface area contributed by atoms with Crippen LogP contribution in [-0.4, -0.2) is 37.6 Å². The molecule has 0 aliphatic carbocycles. The number of carbonyl (C=O) groups excluding carboxylic acids is 2. The Morgan fingerprint density at radius 2 is 2.38 bits per heavy atom. The van der Waals surface area contributed by atoms with Gasteiger partial charge in [0.1, 0.15) is 6.10 Å². The van der Waals surface area contributed by atoms with Crippen LogP contribution in [0.15, 0.2) is 0 Å². The molecule has 1 unspecified atom stereocenters. The first-order chi connectivity index (χ1) is 7.66. The van der Waals surface area contributed by atoms with Crippen molar-refractivity contribution in [2.45, 2.75) is 32.3 Å². The number of rotatable bonds is 4. The van der Waals surface area contributed by atoms with Gasteiger partial charge >= 0.3 is 5.97 Å². The highest BCUT2D eigenvalue weighted by Gasteiger charge is 2.52. The number of hydrogen-bond acceptors (Lipinski definition) is 4. The molecule has 0 aromatic heterocycles. The summed E-state index contributed by atoms with van der Waals surface area (Å²) in [5, 5.41) is 5.99. The molecular weight excluding hydrogens is 208 g/mol. The molecule has 0 bridgehead atoms. The monoisotopic (exact) mass is 226 g/mol. The van der Waals surface area contributed by atoms with E-state index < -0.39 is 0 Å². The third-order valence-corrected chi connectivity index (χ3v) is 3.37. The molecule has 2 rings (SSSR count). The normalized spacial score (nSPS) is 26.3. The number of nitrogens with one attached hydrogen (secondary N) is 2. The molecule has 2 aliphatic heterocycles. The highest BCUT2D eigenvalue weighted by atomic mass is 16.6. The van der Waals surface area contributed by atoms with E-state index in [1.165, 1.54) is 0 Å². The molecule has 2 saturated heterocycles. The van der Waals surface area contributed by atoms with Gasteiger partial charge in [0, 0.05) is 24.9 Å². The Balaban J connectivity index is 1.84. The van der Waals surface area contributed by atoms with Crippen LogP contribution in [0, 0.1) is 5.41 Å². The van der Waals surface area contributed by atoms with Crippen LogP contribution in [0.4, 0.5) is 0 Å². The molecule has 2 aliphatic rings. The van der Waals surface area contributed by atoms with Crippen molar-refractivity contribution in [2.24, 2.45) is 5.41 Å². The number of hydrogen-bond donors (Lipinski definition) is 2. The topological polar surface area (TPSA) is 67.4 Å². The van der Waals surface area contributed by atoms with Crippen molar-refractivity contribution in [2.75, 3.05) is 19.6 Å². The largest absolute Gasteiger partial charge is 0.460 e. The van der Waals surface area contributed by atoms with Crippen LogP contribution in [0.3, 0.4) is 0 Å². The average Bonchev–Trinajstić information content (AvgIpc) is 2.52. The maximum atomic E-state index is 11.3. The van der Waals surface area contributed by atoms with Crippen molar-refractivity contribution in [3.05, 3.63) is 0 Å². The molecule has 0 saturated carbocycles. The van der Waals surface area contributed by atoms with Crippen LogP contribution >= 0.6 is 0 Å². The first-order valence-electron chi connectivity index (χ1n) is 5.83. The van der Waals surface area contributed by atoms with Gasteiger partial charge < -0.3 is 15.4 Å². The third-order valence-electron chi connectivity index (χ3n) is 3.37. The van der Waals surface area contributed by atoms with Crippen molar-refractivity contribution >= 4 is 11.9 Å². The van der Waals surface area contributed by atoms with Crippen molar-refractivity contribution in [3.8, 4) is 0 Å². The fourth-order valence-electron chi connectivity index (χ4n) is 2.31. The van der Waals surface area contributed by atoms with Gasteiger partial charge in [-0.15, -0.1) is 0 Å². The van der Waals surface area contributed by atoms with Gasteiger partial charge in [0.2, 0.25) is 5.91 Å². The average molecular weight is 226 g/mol. The molecular formula is C11H18N2O3. The predicted molar refractivity (Wildman–Crippen MR) is 57.7 cm³/mol. The van der Waals surface area contributed by atoms with Crippen molar-refractivity contribution in [3.63, 3.8) is 0 Å². The molecule has 90 valence electrons. The lowest BCUT2D eigenvalue weighted by atomic mass is 9.75. The minimum atomic E-state index is -0.151. The lowest BCUT2D eigenvalue weighted by Crippen LogP contribution is -2.59. The summed E-state index contributed by atoms with van der Waals surface area (Å²) in [6.45, 7) is 4.04. The molecule has 5 heteroatoms. The molecule has 0 radical (unpaired) electrons. The highest BCUT2D eigenvalue weighted by Crippen LogP contribution is 2.38. The third kappa shape index (κ3) is 2.04. The zero-order valence-corrected chi connectivity index (χ0v) is 9.54. The summed E-state index contributed by atoms with van der Waals surface area (Å²) in [6, 6.07) is 0. The Labute approximate surface area is 94.9 Å². The fraction of sp³-hybridized carbons (Fsp3) is 0.818. The number of carbonyl (C=O) groups is 2. The zero-order chi connectivity index (χ0) is 11.6. The Bertz CT molecular complexity index is 300. The second-order valence-electron chi connectivity index (χ2n) is 4.68. The first kappa shape index (κ1) is 11.4. The van der Waals surface area contributed by atoms with Crippen LogP contribution in [0.2, 0.25) is 0 Å². The molecule has 1 spiro atoms. The van der Waals surface area contributed by atoms with Crippen LogP contribution in [0.1, 0.15) is 26.2 Å². The SMILES string of the molecule is CCCC(=O)NCC1OC(=O)CC12CNC2. The fourth-order valence-corrected chi connectivity index (χ4v) is 2.31. The van der Waals surface area contributed by atoms with Gasteiger partial charge in [0.05, 0.1) is 13.0 Å². The van der Waals surface area contributed by atoms with Crippen molar-refractivity contribution < 1.29 is 14.3 Å². The Hall–Kier alpha value is -1.10. The van der Waals surface area contributed by atoms with Crippen LogP contribution in [-0.2, 0) is 14.3 Å². The van der Waals surface area contributed by atoms with Gasteiger partial charge in [0.15, 0.2) is 0 Å². The zero-order valence-electron chi connectivity index (χ0n) is 9.54. The summed E-state index contributed by atoms with van der Waals surface area (Å²) in [5.74, 6) is -0.107. The maximum Gasteiger partial charge on any atom is 0.306 e. The van der Waals surface area contributed by atoms with Crippen LogP contribution < -0.4 is 10.6 Å². The number of cyclic esters (lactones) is 1. The molecule has 2 fully saturated rings. The van der Waals surface area contributed by atoms with Gasteiger partial charge in [0.25, 0.3) is 0 Å². The lowest BCUT2D eigenvalue weighted by Gasteiger charge is -2.41. The Morgan fingerprint density at radius 1 is 1.62 bits per heavy atom. The summed E-state index contributed by atoms with van der Waals surface area (Å²) >= 11 is 0. The molecule has 5 nitrogen and oxygen atoms in total. The van der Waals surface area contributed by atoms with E-state index in [4.69, 9.17) is 4.74 Å². The summed E-state index contributed by atoms with van der Waals surface area (Å²) in [5.41, 5.74) is -0.0590. The summed E-state index contributed by atoms with van der Waals surface area (Å²) in [7, 11) is 0. The minimum absolute atomic E-state index is 0.0351. The quantitative estimate of drug-likeness (QED) is 0.652. The van der Waals surface area contributed by atoms with E-state index in [-0.39, 0.29) is 23.4 Å². The maximum absolute atomic E-state index is 11.3.